The van der Waals surface area contributed by atoms with Gasteiger partial charge in [-0.15, -0.1) is 24.0 Å². The average molecular weight is 299 g/mol. The quantitative estimate of drug-likeness (QED) is 0.354. The first-order valence-electron chi connectivity index (χ1n) is 6.24. The summed E-state index contributed by atoms with van der Waals surface area (Å²) in [7, 11) is 0. The molecule has 6 heteroatoms. The molecule has 0 radical (unpaired) electrons. The molecule has 1 aliphatic heterocycles. The molecular weight excluding hydrogens is 275 g/mol. The zero-order valence-electron chi connectivity index (χ0n) is 11.1. The third-order valence-corrected chi connectivity index (χ3v) is 3.58. The van der Waals surface area contributed by atoms with Crippen LogP contribution in [0.1, 0.15) is 46.0 Å². The van der Waals surface area contributed by atoms with Crippen molar-refractivity contribution in [3.8, 4) is 0 Å². The van der Waals surface area contributed by atoms with Crippen LogP contribution in [-0.4, -0.2) is 23.5 Å². The van der Waals surface area contributed by atoms with Gasteiger partial charge in [0.2, 0.25) is 5.91 Å². The van der Waals surface area contributed by atoms with Crippen molar-refractivity contribution >= 4 is 29.9 Å². The van der Waals surface area contributed by atoms with E-state index in [0.29, 0.717) is 5.88 Å². The van der Waals surface area contributed by atoms with Crippen molar-refractivity contribution in [2.24, 2.45) is 11.8 Å². The van der Waals surface area contributed by atoms with Crippen LogP contribution in [0.4, 0.5) is 0 Å². The van der Waals surface area contributed by atoms with E-state index in [4.69, 9.17) is 22.2 Å². The number of halogens is 2. The molecule has 1 amide bonds. The highest BCUT2D eigenvalue weighted by atomic mass is 35.5. The summed E-state index contributed by atoms with van der Waals surface area (Å²) >= 11 is 5.68. The van der Waals surface area contributed by atoms with Crippen LogP contribution in [-0.2, 0) is 9.53 Å². The standard InChI is InChI=1S/C12H23ClN2O2.ClH/c1-12(2)7-3-6-10(17-12)9(5-4-8-13)11(16)15-14;/h9-10H,3-8,14H2,1-2H3,(H,15,16);1H. The fourth-order valence-corrected chi connectivity index (χ4v) is 2.58. The van der Waals surface area contributed by atoms with Crippen molar-refractivity contribution in [2.75, 3.05) is 5.88 Å². The summed E-state index contributed by atoms with van der Waals surface area (Å²) in [6.07, 6.45) is 4.55. The molecule has 2 atom stereocenters. The molecule has 1 fully saturated rings. The van der Waals surface area contributed by atoms with E-state index in [1.54, 1.807) is 0 Å². The smallest absolute Gasteiger partial charge is 0.239 e. The number of ether oxygens (including phenoxy) is 1. The molecule has 0 spiro atoms. The maximum absolute atomic E-state index is 11.8. The Kier molecular flexibility index (Phi) is 8.19. The molecule has 108 valence electrons. The molecule has 0 aromatic rings. The van der Waals surface area contributed by atoms with Crippen molar-refractivity contribution in [2.45, 2.75) is 57.7 Å². The lowest BCUT2D eigenvalue weighted by atomic mass is 9.87. The summed E-state index contributed by atoms with van der Waals surface area (Å²) in [5, 5.41) is 0. The number of nitrogens with one attached hydrogen (secondary N) is 1. The normalized spacial score (nSPS) is 23.9. The average Bonchev–Trinajstić information content (AvgIpc) is 2.28. The number of rotatable bonds is 5. The monoisotopic (exact) mass is 298 g/mol. The number of hydrogen-bond acceptors (Lipinski definition) is 3. The molecule has 1 saturated heterocycles. The van der Waals surface area contributed by atoms with Crippen molar-refractivity contribution in [1.82, 2.24) is 5.43 Å². The first kappa shape index (κ1) is 18.0. The summed E-state index contributed by atoms with van der Waals surface area (Å²) in [5.74, 6) is 5.47. The second kappa shape index (κ2) is 8.20. The van der Waals surface area contributed by atoms with Gasteiger partial charge in [-0.3, -0.25) is 10.2 Å². The van der Waals surface area contributed by atoms with Gasteiger partial charge < -0.3 is 4.74 Å². The van der Waals surface area contributed by atoms with Gasteiger partial charge in [0.1, 0.15) is 0 Å². The van der Waals surface area contributed by atoms with E-state index in [1.807, 2.05) is 0 Å². The van der Waals surface area contributed by atoms with E-state index in [1.165, 1.54) is 0 Å². The van der Waals surface area contributed by atoms with E-state index in [-0.39, 0.29) is 35.9 Å². The predicted molar refractivity (Wildman–Crippen MR) is 75.8 cm³/mol. The van der Waals surface area contributed by atoms with Gasteiger partial charge >= 0.3 is 0 Å². The fourth-order valence-electron chi connectivity index (χ4n) is 2.43. The molecule has 2 unspecified atom stereocenters. The lowest BCUT2D eigenvalue weighted by molar-refractivity contribution is -0.150. The van der Waals surface area contributed by atoms with Crippen LogP contribution in [0, 0.1) is 5.92 Å². The van der Waals surface area contributed by atoms with Gasteiger partial charge in [0.15, 0.2) is 0 Å². The fraction of sp³-hybridized carbons (Fsp3) is 0.917. The minimum absolute atomic E-state index is 0. The Morgan fingerprint density at radius 3 is 2.78 bits per heavy atom. The zero-order valence-corrected chi connectivity index (χ0v) is 12.6. The van der Waals surface area contributed by atoms with Crippen LogP contribution in [0.2, 0.25) is 0 Å². The Bertz CT molecular complexity index is 262. The van der Waals surface area contributed by atoms with Gasteiger partial charge in [0.05, 0.1) is 17.6 Å². The van der Waals surface area contributed by atoms with Gasteiger partial charge in [-0.1, -0.05) is 0 Å². The first-order valence-corrected chi connectivity index (χ1v) is 6.78. The minimum Gasteiger partial charge on any atom is -0.372 e. The third-order valence-electron chi connectivity index (χ3n) is 3.31. The summed E-state index contributed by atoms with van der Waals surface area (Å²) in [6.45, 7) is 4.14. The van der Waals surface area contributed by atoms with Crippen LogP contribution in [0.5, 0.6) is 0 Å². The summed E-state index contributed by atoms with van der Waals surface area (Å²) in [4.78, 5) is 11.8. The molecule has 1 aliphatic rings. The van der Waals surface area contributed by atoms with E-state index in [2.05, 4.69) is 19.3 Å². The van der Waals surface area contributed by atoms with Crippen LogP contribution in [0.3, 0.4) is 0 Å². The number of carbonyl (C=O) groups is 1. The van der Waals surface area contributed by atoms with Gasteiger partial charge in [-0.2, -0.15) is 0 Å². The van der Waals surface area contributed by atoms with Crippen LogP contribution in [0.25, 0.3) is 0 Å². The van der Waals surface area contributed by atoms with Crippen LogP contribution >= 0.6 is 24.0 Å². The highest BCUT2D eigenvalue weighted by molar-refractivity contribution is 6.17. The Hall–Kier alpha value is -0.0300. The molecule has 0 bridgehead atoms. The molecule has 0 saturated carbocycles. The number of nitrogens with two attached hydrogens (primary N) is 1. The number of hydrazine groups is 1. The number of amides is 1. The van der Waals surface area contributed by atoms with Gasteiger partial charge in [0.25, 0.3) is 0 Å². The second-order valence-electron chi connectivity index (χ2n) is 5.25. The van der Waals surface area contributed by atoms with Crippen molar-refractivity contribution in [3.63, 3.8) is 0 Å². The Labute approximate surface area is 120 Å². The van der Waals surface area contributed by atoms with E-state index in [9.17, 15) is 4.79 Å². The van der Waals surface area contributed by atoms with E-state index >= 15 is 0 Å². The lowest BCUT2D eigenvalue weighted by Gasteiger charge is -2.39. The highest BCUT2D eigenvalue weighted by Crippen LogP contribution is 2.33. The molecule has 0 aromatic carbocycles. The van der Waals surface area contributed by atoms with Gasteiger partial charge in [0, 0.05) is 5.88 Å². The molecule has 1 rings (SSSR count). The third kappa shape index (κ3) is 5.31. The topological polar surface area (TPSA) is 64.4 Å². The predicted octanol–water partition coefficient (Wildman–Crippen LogP) is 2.38. The number of alkyl halides is 1. The van der Waals surface area contributed by atoms with E-state index < -0.39 is 0 Å². The Morgan fingerprint density at radius 1 is 1.61 bits per heavy atom. The lowest BCUT2D eigenvalue weighted by Crippen LogP contribution is -2.46. The summed E-state index contributed by atoms with van der Waals surface area (Å²) < 4.78 is 6.00. The Balaban J connectivity index is 0.00000289. The Morgan fingerprint density at radius 2 is 2.28 bits per heavy atom. The molecule has 4 nitrogen and oxygen atoms in total. The minimum atomic E-state index is -0.182. The maximum Gasteiger partial charge on any atom is 0.239 e. The first-order chi connectivity index (χ1) is 8.00. The van der Waals surface area contributed by atoms with Gasteiger partial charge in [-0.05, 0) is 46.0 Å². The number of hydrogen-bond donors (Lipinski definition) is 2. The van der Waals surface area contributed by atoms with Gasteiger partial charge in [-0.25, -0.2) is 5.84 Å². The molecule has 0 aromatic heterocycles. The maximum atomic E-state index is 11.8. The SMILES string of the molecule is CC1(C)CCCC(C(CCCCl)C(=O)NN)O1.Cl. The largest absolute Gasteiger partial charge is 0.372 e. The van der Waals surface area contributed by atoms with Crippen molar-refractivity contribution < 1.29 is 9.53 Å². The zero-order chi connectivity index (χ0) is 12.9. The van der Waals surface area contributed by atoms with Crippen LogP contribution in [0.15, 0.2) is 0 Å². The summed E-state index contributed by atoms with van der Waals surface area (Å²) in [6, 6.07) is 0. The van der Waals surface area contributed by atoms with Crippen LogP contribution < -0.4 is 11.3 Å². The molecular formula is C12H24Cl2N2O2. The molecule has 18 heavy (non-hydrogen) atoms. The molecule has 1 heterocycles. The van der Waals surface area contributed by atoms with E-state index in [0.717, 1.165) is 32.1 Å². The van der Waals surface area contributed by atoms with Crippen molar-refractivity contribution in [1.29, 1.82) is 0 Å². The second-order valence-corrected chi connectivity index (χ2v) is 5.63. The molecule has 3 N–H and O–H groups in total. The van der Waals surface area contributed by atoms with Crippen molar-refractivity contribution in [3.05, 3.63) is 0 Å². The molecule has 0 aliphatic carbocycles. The highest BCUT2D eigenvalue weighted by Gasteiger charge is 2.36. The summed E-state index contributed by atoms with van der Waals surface area (Å²) in [5.41, 5.74) is 2.09. The number of carbonyl (C=O) groups excluding carboxylic acids is 1.